The van der Waals surface area contributed by atoms with E-state index in [1.54, 1.807) is 18.2 Å². The van der Waals surface area contributed by atoms with Crippen molar-refractivity contribution in [3.05, 3.63) is 72.1 Å². The minimum atomic E-state index is -0.142. The third-order valence-corrected chi connectivity index (χ3v) is 4.47. The molecule has 3 rings (SSSR count). The van der Waals surface area contributed by atoms with Crippen LogP contribution in [0.25, 0.3) is 0 Å². The average molecular weight is 424 g/mol. The maximum absolute atomic E-state index is 12.5. The smallest absolute Gasteiger partial charge is 0.251 e. The summed E-state index contributed by atoms with van der Waals surface area (Å²) in [5, 5.41) is 7.18. The van der Waals surface area contributed by atoms with Gasteiger partial charge in [0.15, 0.2) is 11.5 Å². The molecule has 0 spiro atoms. The molecule has 0 bridgehead atoms. The van der Waals surface area contributed by atoms with Gasteiger partial charge in [0.25, 0.3) is 5.91 Å². The van der Waals surface area contributed by atoms with Gasteiger partial charge in [-0.05, 0) is 56.2 Å². The number of para-hydroxylation sites is 1. The second-order valence-corrected chi connectivity index (χ2v) is 6.99. The number of carbonyl (C=O) groups excluding carboxylic acids is 1. The van der Waals surface area contributed by atoms with Crippen LogP contribution < -0.4 is 19.5 Å². The van der Waals surface area contributed by atoms with Crippen molar-refractivity contribution in [2.24, 2.45) is 0 Å². The van der Waals surface area contributed by atoms with Crippen LogP contribution in [0.3, 0.4) is 0 Å². The average Bonchev–Trinajstić information content (AvgIpc) is 3.21. The Morgan fingerprint density at radius 1 is 1.03 bits per heavy atom. The van der Waals surface area contributed by atoms with E-state index in [9.17, 15) is 4.79 Å². The van der Waals surface area contributed by atoms with Crippen LogP contribution >= 0.6 is 0 Å². The molecule has 1 N–H and O–H groups in total. The molecular weight excluding hydrogens is 394 g/mol. The van der Waals surface area contributed by atoms with Crippen LogP contribution in [-0.4, -0.2) is 42.1 Å². The fraction of sp³-hybridized carbons (Fsp3) is 0.333. The molecule has 1 amide bonds. The Morgan fingerprint density at radius 2 is 1.84 bits per heavy atom. The lowest BCUT2D eigenvalue weighted by Crippen LogP contribution is -2.25. The van der Waals surface area contributed by atoms with E-state index in [-0.39, 0.29) is 5.91 Å². The zero-order valence-electron chi connectivity index (χ0n) is 18.0. The third kappa shape index (κ3) is 7.06. The maximum atomic E-state index is 12.5. The first-order valence-electron chi connectivity index (χ1n) is 10.5. The first kappa shape index (κ1) is 22.2. The monoisotopic (exact) mass is 423 g/mol. The molecule has 31 heavy (non-hydrogen) atoms. The highest BCUT2D eigenvalue weighted by Gasteiger charge is 2.12. The van der Waals surface area contributed by atoms with Crippen molar-refractivity contribution in [2.45, 2.75) is 26.8 Å². The van der Waals surface area contributed by atoms with Crippen molar-refractivity contribution in [2.75, 3.05) is 26.4 Å². The third-order valence-electron chi connectivity index (χ3n) is 4.47. The second-order valence-electron chi connectivity index (χ2n) is 6.99. The van der Waals surface area contributed by atoms with Crippen molar-refractivity contribution in [1.82, 2.24) is 15.1 Å². The number of aromatic nitrogens is 2. The lowest BCUT2D eigenvalue weighted by Gasteiger charge is -2.14. The molecule has 7 heteroatoms. The molecule has 1 heterocycles. The van der Waals surface area contributed by atoms with Gasteiger partial charge >= 0.3 is 0 Å². The predicted octanol–water partition coefficient (Wildman–Crippen LogP) is 3.87. The Bertz CT molecular complexity index is 956. The fourth-order valence-corrected chi connectivity index (χ4v) is 3.00. The van der Waals surface area contributed by atoms with E-state index in [0.29, 0.717) is 43.4 Å². The first-order valence-corrected chi connectivity index (χ1v) is 10.5. The molecule has 1 aromatic heterocycles. The van der Waals surface area contributed by atoms with Gasteiger partial charge in [-0.1, -0.05) is 18.2 Å². The Hall–Kier alpha value is -3.48. The van der Waals surface area contributed by atoms with E-state index in [1.807, 2.05) is 61.3 Å². The summed E-state index contributed by atoms with van der Waals surface area (Å²) in [6, 6.07) is 14.8. The van der Waals surface area contributed by atoms with Crippen molar-refractivity contribution in [1.29, 1.82) is 0 Å². The largest absolute Gasteiger partial charge is 0.490 e. The van der Waals surface area contributed by atoms with Crippen LogP contribution in [0.2, 0.25) is 0 Å². The molecule has 0 aliphatic carbocycles. The number of hydrogen-bond donors (Lipinski definition) is 1. The zero-order valence-corrected chi connectivity index (χ0v) is 18.0. The van der Waals surface area contributed by atoms with Gasteiger partial charge in [-0.3, -0.25) is 9.48 Å². The summed E-state index contributed by atoms with van der Waals surface area (Å²) in [7, 11) is 0. The lowest BCUT2D eigenvalue weighted by molar-refractivity contribution is 0.0952. The molecule has 0 fully saturated rings. The molecule has 0 aliphatic heterocycles. The Kier molecular flexibility index (Phi) is 8.34. The van der Waals surface area contributed by atoms with Crippen LogP contribution in [0.1, 0.15) is 29.3 Å². The minimum absolute atomic E-state index is 0.142. The van der Waals surface area contributed by atoms with Crippen molar-refractivity contribution < 1.29 is 19.0 Å². The summed E-state index contributed by atoms with van der Waals surface area (Å²) in [5.41, 5.74) is 1.66. The molecule has 2 aromatic carbocycles. The van der Waals surface area contributed by atoms with E-state index < -0.39 is 0 Å². The Morgan fingerprint density at radius 3 is 2.58 bits per heavy atom. The van der Waals surface area contributed by atoms with E-state index >= 15 is 0 Å². The van der Waals surface area contributed by atoms with Crippen molar-refractivity contribution >= 4 is 5.91 Å². The number of carbonyl (C=O) groups is 1. The van der Waals surface area contributed by atoms with E-state index in [1.165, 1.54) is 0 Å². The van der Waals surface area contributed by atoms with E-state index in [4.69, 9.17) is 14.2 Å². The van der Waals surface area contributed by atoms with Gasteiger partial charge in [-0.15, -0.1) is 0 Å². The summed E-state index contributed by atoms with van der Waals surface area (Å²) in [4.78, 5) is 12.5. The molecule has 3 aromatic rings. The molecule has 0 atom stereocenters. The van der Waals surface area contributed by atoms with Gasteiger partial charge in [-0.25, -0.2) is 0 Å². The molecule has 7 nitrogen and oxygen atoms in total. The molecule has 0 saturated carbocycles. The molecule has 0 radical (unpaired) electrons. The summed E-state index contributed by atoms with van der Waals surface area (Å²) >= 11 is 0. The predicted molar refractivity (Wildman–Crippen MR) is 119 cm³/mol. The van der Waals surface area contributed by atoms with Crippen LogP contribution in [0.4, 0.5) is 0 Å². The van der Waals surface area contributed by atoms with Gasteiger partial charge in [0.1, 0.15) is 19.0 Å². The maximum Gasteiger partial charge on any atom is 0.251 e. The molecular formula is C24H29N3O4. The van der Waals surface area contributed by atoms with Crippen molar-refractivity contribution in [3.63, 3.8) is 0 Å². The molecule has 0 saturated heterocycles. The van der Waals surface area contributed by atoms with Gasteiger partial charge in [0.2, 0.25) is 0 Å². The second kappa shape index (κ2) is 11.6. The normalized spacial score (nSPS) is 10.5. The summed E-state index contributed by atoms with van der Waals surface area (Å²) in [6.07, 6.45) is 4.61. The highest BCUT2D eigenvalue weighted by molar-refractivity contribution is 5.94. The fourth-order valence-electron chi connectivity index (χ4n) is 3.00. The number of rotatable bonds is 12. The lowest BCUT2D eigenvalue weighted by atomic mass is 10.2. The Balaban J connectivity index is 1.47. The van der Waals surface area contributed by atoms with Gasteiger partial charge in [0.05, 0.1) is 12.8 Å². The van der Waals surface area contributed by atoms with Gasteiger partial charge in [0, 0.05) is 24.8 Å². The number of aryl methyl sites for hydroxylation is 2. The van der Waals surface area contributed by atoms with Crippen LogP contribution in [0, 0.1) is 6.92 Å². The van der Waals surface area contributed by atoms with Crippen LogP contribution in [0.5, 0.6) is 17.2 Å². The van der Waals surface area contributed by atoms with E-state index in [2.05, 4.69) is 10.4 Å². The summed E-state index contributed by atoms with van der Waals surface area (Å²) in [6.45, 7) is 6.48. The highest BCUT2D eigenvalue weighted by atomic mass is 16.5. The summed E-state index contributed by atoms with van der Waals surface area (Å²) in [5.74, 6) is 1.79. The van der Waals surface area contributed by atoms with Crippen molar-refractivity contribution in [3.8, 4) is 17.2 Å². The van der Waals surface area contributed by atoms with Crippen LogP contribution in [-0.2, 0) is 6.54 Å². The number of nitrogens with zero attached hydrogens (tertiary/aromatic N) is 2. The zero-order chi connectivity index (χ0) is 21.9. The quantitative estimate of drug-likeness (QED) is 0.448. The van der Waals surface area contributed by atoms with Gasteiger partial charge < -0.3 is 19.5 Å². The SMILES string of the molecule is CCOc1cc(C(=O)NCCCn2cc(C)cn2)ccc1OCCOc1ccccc1. The number of nitrogens with one attached hydrogen (secondary N) is 1. The highest BCUT2D eigenvalue weighted by Crippen LogP contribution is 2.28. The van der Waals surface area contributed by atoms with Crippen LogP contribution in [0.15, 0.2) is 60.9 Å². The first-order chi connectivity index (χ1) is 15.2. The number of amides is 1. The topological polar surface area (TPSA) is 74.6 Å². The molecule has 0 unspecified atom stereocenters. The molecule has 164 valence electrons. The summed E-state index contributed by atoms with van der Waals surface area (Å²) < 4.78 is 19.0. The standard InChI is InChI=1S/C24H29N3O4/c1-3-29-23-16-20(24(28)25-12-7-13-27-18-19(2)17-26-27)10-11-22(23)31-15-14-30-21-8-5-4-6-9-21/h4-6,8-11,16-18H,3,7,12-15H2,1-2H3,(H,25,28). The number of benzene rings is 2. The number of ether oxygens (including phenoxy) is 3. The Labute approximate surface area is 182 Å². The van der Waals surface area contributed by atoms with Gasteiger partial charge in [-0.2, -0.15) is 5.10 Å². The molecule has 0 aliphatic rings. The minimum Gasteiger partial charge on any atom is -0.490 e. The number of hydrogen-bond acceptors (Lipinski definition) is 5. The van der Waals surface area contributed by atoms with E-state index in [0.717, 1.165) is 24.3 Å².